The highest BCUT2D eigenvalue weighted by molar-refractivity contribution is 6.07. The van der Waals surface area contributed by atoms with E-state index in [1.165, 1.54) is 0 Å². The van der Waals surface area contributed by atoms with Crippen LogP contribution in [-0.4, -0.2) is 25.2 Å². The SMILES string of the molecule is CCOC(=O)C1(C(=O)OCC)CCC(C)(C)c2ccccc21. The molecular formula is C18H24O4. The maximum absolute atomic E-state index is 12.7. The van der Waals surface area contributed by atoms with Crippen LogP contribution in [0, 0.1) is 0 Å². The summed E-state index contributed by atoms with van der Waals surface area (Å²) in [7, 11) is 0. The second-order valence-corrected chi connectivity index (χ2v) is 6.28. The molecule has 2 rings (SSSR count). The molecule has 0 radical (unpaired) electrons. The molecule has 0 saturated heterocycles. The molecule has 0 spiro atoms. The minimum absolute atomic E-state index is 0.0842. The van der Waals surface area contributed by atoms with E-state index in [1.807, 2.05) is 24.3 Å². The Balaban J connectivity index is 2.64. The van der Waals surface area contributed by atoms with Crippen molar-refractivity contribution in [3.8, 4) is 0 Å². The van der Waals surface area contributed by atoms with Gasteiger partial charge in [0.15, 0.2) is 5.41 Å². The normalized spacial score (nSPS) is 18.2. The van der Waals surface area contributed by atoms with Crippen LogP contribution in [0.25, 0.3) is 0 Å². The summed E-state index contributed by atoms with van der Waals surface area (Å²) < 4.78 is 10.5. The topological polar surface area (TPSA) is 52.6 Å². The summed E-state index contributed by atoms with van der Waals surface area (Å²) in [5.41, 5.74) is 0.322. The van der Waals surface area contributed by atoms with E-state index < -0.39 is 17.4 Å². The zero-order valence-corrected chi connectivity index (χ0v) is 13.8. The van der Waals surface area contributed by atoms with Gasteiger partial charge in [-0.3, -0.25) is 9.59 Å². The molecule has 22 heavy (non-hydrogen) atoms. The monoisotopic (exact) mass is 304 g/mol. The van der Waals surface area contributed by atoms with Crippen molar-refractivity contribution in [1.29, 1.82) is 0 Å². The van der Waals surface area contributed by atoms with Gasteiger partial charge in [-0.05, 0) is 43.2 Å². The molecule has 0 heterocycles. The van der Waals surface area contributed by atoms with Gasteiger partial charge in [0.1, 0.15) is 0 Å². The summed E-state index contributed by atoms with van der Waals surface area (Å²) in [5, 5.41) is 0. The van der Waals surface area contributed by atoms with Gasteiger partial charge < -0.3 is 9.47 Å². The van der Waals surface area contributed by atoms with E-state index in [9.17, 15) is 9.59 Å². The van der Waals surface area contributed by atoms with Crippen molar-refractivity contribution in [2.75, 3.05) is 13.2 Å². The molecule has 1 aromatic carbocycles. The third-order valence-electron chi connectivity index (χ3n) is 4.49. The molecule has 120 valence electrons. The smallest absolute Gasteiger partial charge is 0.328 e. The first kappa shape index (κ1) is 16.5. The summed E-state index contributed by atoms with van der Waals surface area (Å²) in [6, 6.07) is 7.63. The van der Waals surface area contributed by atoms with Gasteiger partial charge in [0.2, 0.25) is 0 Å². The van der Waals surface area contributed by atoms with Crippen molar-refractivity contribution in [3.63, 3.8) is 0 Å². The van der Waals surface area contributed by atoms with Crippen molar-refractivity contribution >= 4 is 11.9 Å². The third-order valence-corrected chi connectivity index (χ3v) is 4.49. The lowest BCUT2D eigenvalue weighted by atomic mass is 9.61. The Morgan fingerprint density at radius 3 is 1.95 bits per heavy atom. The first-order valence-corrected chi connectivity index (χ1v) is 7.84. The molecule has 0 aromatic heterocycles. The van der Waals surface area contributed by atoms with Crippen LogP contribution < -0.4 is 0 Å². The van der Waals surface area contributed by atoms with Gasteiger partial charge in [-0.1, -0.05) is 38.1 Å². The van der Waals surface area contributed by atoms with Crippen LogP contribution in [0.3, 0.4) is 0 Å². The summed E-state index contributed by atoms with van der Waals surface area (Å²) in [4.78, 5) is 25.4. The number of benzene rings is 1. The van der Waals surface area contributed by atoms with E-state index in [1.54, 1.807) is 13.8 Å². The predicted molar refractivity (Wildman–Crippen MR) is 83.6 cm³/mol. The summed E-state index contributed by atoms with van der Waals surface area (Å²) in [6.07, 6.45) is 1.14. The molecule has 0 fully saturated rings. The zero-order chi connectivity index (χ0) is 16.4. The van der Waals surface area contributed by atoms with E-state index in [-0.39, 0.29) is 18.6 Å². The van der Waals surface area contributed by atoms with Crippen molar-refractivity contribution in [1.82, 2.24) is 0 Å². The standard InChI is InChI=1S/C18H24O4/c1-5-21-15(19)18(16(20)22-6-2)12-11-17(3,4)13-9-7-8-10-14(13)18/h7-10H,5-6,11-12H2,1-4H3. The maximum atomic E-state index is 12.7. The summed E-state index contributed by atoms with van der Waals surface area (Å²) in [6.45, 7) is 8.24. The number of esters is 2. The number of carbonyl (C=O) groups excluding carboxylic acids is 2. The van der Waals surface area contributed by atoms with Crippen LogP contribution >= 0.6 is 0 Å². The largest absolute Gasteiger partial charge is 0.465 e. The molecule has 4 nitrogen and oxygen atoms in total. The molecule has 1 aromatic rings. The average Bonchev–Trinajstić information content (AvgIpc) is 2.48. The van der Waals surface area contributed by atoms with Crippen LogP contribution in [0.5, 0.6) is 0 Å². The van der Waals surface area contributed by atoms with Crippen LogP contribution in [-0.2, 0) is 29.9 Å². The van der Waals surface area contributed by atoms with Gasteiger partial charge in [-0.15, -0.1) is 0 Å². The maximum Gasteiger partial charge on any atom is 0.328 e. The molecule has 0 aliphatic heterocycles. The van der Waals surface area contributed by atoms with E-state index >= 15 is 0 Å². The van der Waals surface area contributed by atoms with E-state index in [0.29, 0.717) is 6.42 Å². The first-order chi connectivity index (χ1) is 10.4. The third kappa shape index (κ3) is 2.51. The molecule has 0 N–H and O–H groups in total. The number of fused-ring (bicyclic) bond motifs is 1. The lowest BCUT2D eigenvalue weighted by Crippen LogP contribution is -2.51. The number of hydrogen-bond donors (Lipinski definition) is 0. The highest BCUT2D eigenvalue weighted by Gasteiger charge is 2.55. The van der Waals surface area contributed by atoms with Gasteiger partial charge in [-0.2, -0.15) is 0 Å². The van der Waals surface area contributed by atoms with Crippen LogP contribution in [0.1, 0.15) is 51.7 Å². The minimum atomic E-state index is -1.34. The summed E-state index contributed by atoms with van der Waals surface area (Å²) in [5.74, 6) is -1.01. The molecule has 0 atom stereocenters. The number of rotatable bonds is 4. The Labute approximate surface area is 131 Å². The van der Waals surface area contributed by atoms with Gasteiger partial charge >= 0.3 is 11.9 Å². The van der Waals surface area contributed by atoms with Gasteiger partial charge in [0.05, 0.1) is 13.2 Å². The fourth-order valence-corrected chi connectivity index (χ4v) is 3.23. The van der Waals surface area contributed by atoms with Gasteiger partial charge in [0, 0.05) is 0 Å². The van der Waals surface area contributed by atoms with Crippen molar-refractivity contribution < 1.29 is 19.1 Å². The van der Waals surface area contributed by atoms with E-state index in [4.69, 9.17) is 9.47 Å². The van der Waals surface area contributed by atoms with Crippen LogP contribution in [0.2, 0.25) is 0 Å². The number of carbonyl (C=O) groups is 2. The fraction of sp³-hybridized carbons (Fsp3) is 0.556. The molecule has 0 bridgehead atoms. The molecule has 1 aliphatic carbocycles. The lowest BCUT2D eigenvalue weighted by Gasteiger charge is -2.41. The average molecular weight is 304 g/mol. The molecule has 4 heteroatoms. The van der Waals surface area contributed by atoms with E-state index in [2.05, 4.69) is 13.8 Å². The van der Waals surface area contributed by atoms with Crippen molar-refractivity contribution in [2.24, 2.45) is 0 Å². The van der Waals surface area contributed by atoms with Crippen molar-refractivity contribution in [2.45, 2.75) is 51.4 Å². The molecule has 1 aliphatic rings. The van der Waals surface area contributed by atoms with Gasteiger partial charge in [-0.25, -0.2) is 0 Å². The number of ether oxygens (including phenoxy) is 2. The zero-order valence-electron chi connectivity index (χ0n) is 13.8. The molecule has 0 amide bonds. The second kappa shape index (κ2) is 6.11. The highest BCUT2D eigenvalue weighted by Crippen LogP contribution is 2.47. The Bertz CT molecular complexity index is 556. The highest BCUT2D eigenvalue weighted by atomic mass is 16.6. The first-order valence-electron chi connectivity index (χ1n) is 7.84. The Morgan fingerprint density at radius 2 is 1.45 bits per heavy atom. The molecule has 0 saturated carbocycles. The summed E-state index contributed by atoms with van der Waals surface area (Å²) >= 11 is 0. The van der Waals surface area contributed by atoms with Crippen LogP contribution in [0.4, 0.5) is 0 Å². The second-order valence-electron chi connectivity index (χ2n) is 6.28. The Morgan fingerprint density at radius 1 is 0.955 bits per heavy atom. The van der Waals surface area contributed by atoms with E-state index in [0.717, 1.165) is 17.5 Å². The molecular weight excluding hydrogens is 280 g/mol. The quantitative estimate of drug-likeness (QED) is 0.633. The fourth-order valence-electron chi connectivity index (χ4n) is 3.23. The Hall–Kier alpha value is -1.84. The lowest BCUT2D eigenvalue weighted by molar-refractivity contribution is -0.166. The van der Waals surface area contributed by atoms with Crippen molar-refractivity contribution in [3.05, 3.63) is 35.4 Å². The predicted octanol–water partition coefficient (Wildman–Crippen LogP) is 3.12. The minimum Gasteiger partial charge on any atom is -0.465 e. The van der Waals surface area contributed by atoms with Gasteiger partial charge in [0.25, 0.3) is 0 Å². The number of hydrogen-bond acceptors (Lipinski definition) is 4. The molecule has 0 unspecified atom stereocenters. The van der Waals surface area contributed by atoms with Crippen LogP contribution in [0.15, 0.2) is 24.3 Å². The Kier molecular flexibility index (Phi) is 4.59.